The van der Waals surface area contributed by atoms with Crippen LogP contribution in [-0.4, -0.2) is 22.1 Å². The fraction of sp³-hybridized carbons (Fsp3) is 0. The van der Waals surface area contributed by atoms with Crippen LogP contribution in [0.5, 0.6) is 0 Å². The molecule has 0 aliphatic carbocycles. The van der Waals surface area contributed by atoms with Crippen LogP contribution in [0.2, 0.25) is 0 Å². The van der Waals surface area contributed by atoms with Crippen LogP contribution in [0.1, 0.15) is 5.56 Å². The van der Waals surface area contributed by atoms with Gasteiger partial charge in [-0.1, -0.05) is 109 Å². The van der Waals surface area contributed by atoms with Gasteiger partial charge >= 0.3 is 0 Å². The van der Waals surface area contributed by atoms with Gasteiger partial charge in [-0.3, -0.25) is 0 Å². The molecule has 12 aromatic rings. The Balaban J connectivity index is 0.946. The number of benzene rings is 9. The van der Waals surface area contributed by atoms with Crippen LogP contribution < -0.4 is 0 Å². The van der Waals surface area contributed by atoms with E-state index in [-0.39, 0.29) is 15.5 Å². The zero-order chi connectivity index (χ0) is 43.1. The second-order valence-electron chi connectivity index (χ2n) is 15.9. The van der Waals surface area contributed by atoms with E-state index in [9.17, 15) is 13.7 Å². The molecule has 3 heterocycles. The van der Waals surface area contributed by atoms with Gasteiger partial charge in [-0.2, -0.15) is 5.26 Å². The van der Waals surface area contributed by atoms with Crippen LogP contribution in [0.15, 0.2) is 210 Å². The van der Waals surface area contributed by atoms with E-state index >= 15 is 0 Å². The normalized spacial score (nSPS) is 11.8. The van der Waals surface area contributed by atoms with Gasteiger partial charge in [-0.25, -0.2) is 13.3 Å². The first-order valence-electron chi connectivity index (χ1n) is 20.8. The van der Waals surface area contributed by atoms with Crippen molar-refractivity contribution in [3.8, 4) is 34.3 Å². The Morgan fingerprint density at radius 3 is 1.28 bits per heavy atom. The van der Waals surface area contributed by atoms with Crippen LogP contribution in [0, 0.1) is 17.9 Å². The lowest BCUT2D eigenvalue weighted by molar-refractivity contribution is 0.596. The molecule has 3 aromatic heterocycles. The first kappa shape index (κ1) is 37.1. The smallest absolute Gasteiger partial charge is 0.206 e. The van der Waals surface area contributed by atoms with Crippen LogP contribution in [-0.2, 0) is 9.84 Å². The summed E-state index contributed by atoms with van der Waals surface area (Å²) in [6.07, 6.45) is 0. The van der Waals surface area contributed by atoms with Gasteiger partial charge in [0.2, 0.25) is 15.5 Å². The highest BCUT2D eigenvalue weighted by Crippen LogP contribution is 2.42. The molecule has 0 N–H and O–H groups in total. The van der Waals surface area contributed by atoms with Crippen molar-refractivity contribution >= 4 is 80.9 Å². The van der Waals surface area contributed by atoms with Crippen LogP contribution in [0.4, 0.5) is 5.69 Å². The number of aromatic nitrogens is 3. The minimum absolute atomic E-state index is 0.215. The summed E-state index contributed by atoms with van der Waals surface area (Å²) in [5.41, 5.74) is 10.8. The molecular formula is C56H33N5O2S. The van der Waals surface area contributed by atoms with E-state index in [0.29, 0.717) is 5.56 Å². The van der Waals surface area contributed by atoms with Crippen LogP contribution in [0.3, 0.4) is 0 Å². The molecule has 0 spiro atoms. The predicted molar refractivity (Wildman–Crippen MR) is 258 cm³/mol. The topological polar surface area (TPSA) is 77.1 Å². The van der Waals surface area contributed by atoms with Crippen molar-refractivity contribution in [3.05, 3.63) is 217 Å². The molecule has 7 nitrogen and oxygen atoms in total. The summed E-state index contributed by atoms with van der Waals surface area (Å²) in [6.45, 7) is 8.07. The maximum Gasteiger partial charge on any atom is 0.206 e. The lowest BCUT2D eigenvalue weighted by Crippen LogP contribution is -2.04. The number of hydrogen-bond acceptors (Lipinski definition) is 3. The lowest BCUT2D eigenvalue weighted by atomic mass is 10.0. The fourth-order valence-electron chi connectivity index (χ4n) is 9.64. The van der Waals surface area contributed by atoms with Gasteiger partial charge in [0.1, 0.15) is 0 Å². The Bertz CT molecular complexity index is 4000. The lowest BCUT2D eigenvalue weighted by Gasteiger charge is -2.18. The van der Waals surface area contributed by atoms with E-state index in [1.807, 2.05) is 103 Å². The van der Waals surface area contributed by atoms with E-state index in [1.165, 1.54) is 0 Å². The molecule has 0 atom stereocenters. The monoisotopic (exact) mass is 839 g/mol. The zero-order valence-corrected chi connectivity index (χ0v) is 34.8. The predicted octanol–water partition coefficient (Wildman–Crippen LogP) is 13.9. The summed E-state index contributed by atoms with van der Waals surface area (Å²) < 4.78 is 34.7. The molecule has 8 heteroatoms. The van der Waals surface area contributed by atoms with Crippen molar-refractivity contribution in [1.82, 2.24) is 13.7 Å². The highest BCUT2D eigenvalue weighted by Gasteiger charge is 2.23. The number of sulfone groups is 1. The van der Waals surface area contributed by atoms with Gasteiger partial charge in [-0.05, 0) is 102 Å². The maximum atomic E-state index is 14.1. The molecule has 300 valence electrons. The second kappa shape index (κ2) is 14.2. The summed E-state index contributed by atoms with van der Waals surface area (Å²) in [4.78, 5) is 4.25. The Hall–Kier alpha value is -8.69. The van der Waals surface area contributed by atoms with Gasteiger partial charge in [0.25, 0.3) is 0 Å². The molecule has 0 radical (unpaired) electrons. The number of para-hydroxylation sites is 5. The average molecular weight is 840 g/mol. The fourth-order valence-corrected chi connectivity index (χ4v) is 10.9. The first-order valence-corrected chi connectivity index (χ1v) is 22.3. The maximum absolute atomic E-state index is 14.1. The minimum Gasteiger partial charge on any atom is -0.309 e. The van der Waals surface area contributed by atoms with Gasteiger partial charge in [0, 0.05) is 38.0 Å². The summed E-state index contributed by atoms with van der Waals surface area (Å²) in [5.74, 6) is 0. The molecule has 0 amide bonds. The van der Waals surface area contributed by atoms with Gasteiger partial charge in [-0.15, -0.1) is 0 Å². The summed E-state index contributed by atoms with van der Waals surface area (Å²) >= 11 is 0. The molecule has 0 unspecified atom stereocenters. The van der Waals surface area contributed by atoms with Crippen molar-refractivity contribution in [1.29, 1.82) is 5.26 Å². The number of hydrogen-bond donors (Lipinski definition) is 0. The average Bonchev–Trinajstić information content (AvgIpc) is 3.99. The Morgan fingerprint density at radius 1 is 0.422 bits per heavy atom. The van der Waals surface area contributed by atoms with E-state index in [2.05, 4.69) is 97.4 Å². The third kappa shape index (κ3) is 5.47. The number of fused-ring (bicyclic) bond motifs is 9. The summed E-state index contributed by atoms with van der Waals surface area (Å²) in [5, 5.41) is 16.8. The zero-order valence-electron chi connectivity index (χ0n) is 34.0. The van der Waals surface area contributed by atoms with Gasteiger partial charge in [0.15, 0.2) is 0 Å². The van der Waals surface area contributed by atoms with E-state index in [4.69, 9.17) is 6.57 Å². The van der Waals surface area contributed by atoms with Crippen molar-refractivity contribution < 1.29 is 8.42 Å². The van der Waals surface area contributed by atoms with E-state index < -0.39 is 9.84 Å². The molecule has 0 fully saturated rings. The summed E-state index contributed by atoms with van der Waals surface area (Å²) in [6, 6.07) is 67.7. The molecule has 0 aliphatic rings. The number of rotatable bonds is 6. The standard InChI is InChI=1S/C56H33N5O2S/c1-58-48-34-56(55(33-38(48)35-57)60-51-19-9-4-14-44(51)45-15-5-10-20-52(45)60)61-53-21-11-6-16-46(53)47-32-37(24-31-54(47)61)36-22-27-40(28-23-36)64(62,63)41-29-25-39(26-30-41)59-49-17-7-2-12-42(49)43-13-3-8-18-50(43)59/h2-34H. The molecule has 64 heavy (non-hydrogen) atoms. The Kier molecular flexibility index (Phi) is 8.22. The molecule has 0 saturated carbocycles. The first-order chi connectivity index (χ1) is 31.4. The van der Waals surface area contributed by atoms with Crippen molar-refractivity contribution in [2.45, 2.75) is 9.79 Å². The van der Waals surface area contributed by atoms with E-state index in [0.717, 1.165) is 93.6 Å². The number of nitriles is 1. The minimum atomic E-state index is -3.82. The van der Waals surface area contributed by atoms with Crippen molar-refractivity contribution in [2.24, 2.45) is 0 Å². The quantitative estimate of drug-likeness (QED) is 0.157. The molecule has 12 rings (SSSR count). The molecule has 0 saturated heterocycles. The van der Waals surface area contributed by atoms with Crippen LogP contribution >= 0.6 is 0 Å². The Morgan fingerprint density at radius 2 is 0.812 bits per heavy atom. The summed E-state index contributed by atoms with van der Waals surface area (Å²) in [7, 11) is -3.82. The van der Waals surface area contributed by atoms with Gasteiger partial charge in [0.05, 0.1) is 72.5 Å². The Labute approximate surface area is 367 Å². The van der Waals surface area contributed by atoms with Crippen molar-refractivity contribution in [2.75, 3.05) is 0 Å². The second-order valence-corrected chi connectivity index (χ2v) is 17.9. The van der Waals surface area contributed by atoms with E-state index in [1.54, 1.807) is 24.3 Å². The third-order valence-corrected chi connectivity index (χ3v) is 14.3. The van der Waals surface area contributed by atoms with Gasteiger partial charge < -0.3 is 13.7 Å². The highest BCUT2D eigenvalue weighted by molar-refractivity contribution is 7.91. The SMILES string of the molecule is [C-]#[N+]c1cc(-n2c3ccccc3c3cc(-c4ccc(S(=O)(=O)c5ccc(-n6c7ccccc7c7ccccc76)cc5)cc4)ccc32)c(-n2c3ccccc3c3ccccc32)cc1C#N. The number of nitrogens with zero attached hydrogens (tertiary/aromatic N) is 5. The molecule has 0 bridgehead atoms. The van der Waals surface area contributed by atoms with Crippen molar-refractivity contribution in [3.63, 3.8) is 0 Å². The van der Waals surface area contributed by atoms with Crippen LogP contribution in [0.25, 0.3) is 98.5 Å². The molecule has 0 aliphatic heterocycles. The third-order valence-electron chi connectivity index (χ3n) is 12.6. The molecule has 9 aromatic carbocycles. The highest BCUT2D eigenvalue weighted by atomic mass is 32.2. The largest absolute Gasteiger partial charge is 0.309 e. The molecular weight excluding hydrogens is 807 g/mol.